The summed E-state index contributed by atoms with van der Waals surface area (Å²) in [7, 11) is 0. The predicted molar refractivity (Wildman–Crippen MR) is 66.1 cm³/mol. The first-order valence-electron chi connectivity index (χ1n) is 6.65. The van der Waals surface area contributed by atoms with E-state index in [0.29, 0.717) is 30.1 Å². The largest absolute Gasteiger partial charge is 0.361 e. The molecule has 1 saturated carbocycles. The number of carbonyl (C=O) groups is 2. The van der Waals surface area contributed by atoms with Crippen molar-refractivity contribution in [1.29, 1.82) is 0 Å². The Kier molecular flexibility index (Phi) is 2.80. The lowest BCUT2D eigenvalue weighted by molar-refractivity contribution is -0.141. The lowest BCUT2D eigenvalue weighted by atomic mass is 10.2. The second-order valence-corrected chi connectivity index (χ2v) is 5.22. The molecule has 2 amide bonds. The maximum Gasteiger partial charge on any atom is 0.277 e. The Morgan fingerprint density at radius 3 is 2.47 bits per heavy atom. The molecular weight excluding hydrogens is 246 g/mol. The fourth-order valence-corrected chi connectivity index (χ4v) is 2.51. The summed E-state index contributed by atoms with van der Waals surface area (Å²) in [6.45, 7) is 4.68. The number of nitrogens with zero attached hydrogens (tertiary/aromatic N) is 3. The fraction of sp³-hybridized carbons (Fsp3) is 0.615. The normalized spacial score (nSPS) is 19.1. The van der Waals surface area contributed by atoms with Gasteiger partial charge in [-0.2, -0.15) is 0 Å². The van der Waals surface area contributed by atoms with E-state index in [2.05, 4.69) is 5.16 Å². The van der Waals surface area contributed by atoms with Crippen molar-refractivity contribution in [2.75, 3.05) is 13.1 Å². The zero-order valence-electron chi connectivity index (χ0n) is 11.2. The highest BCUT2D eigenvalue weighted by atomic mass is 16.5. The monoisotopic (exact) mass is 263 g/mol. The number of aromatic nitrogens is 1. The van der Waals surface area contributed by atoms with E-state index in [1.807, 2.05) is 0 Å². The van der Waals surface area contributed by atoms with E-state index in [1.165, 1.54) is 0 Å². The van der Waals surface area contributed by atoms with Gasteiger partial charge >= 0.3 is 0 Å². The van der Waals surface area contributed by atoms with Crippen LogP contribution in [0.15, 0.2) is 4.52 Å². The molecule has 0 N–H and O–H groups in total. The molecular formula is C13H17N3O3. The van der Waals surface area contributed by atoms with E-state index in [1.54, 1.807) is 23.9 Å². The van der Waals surface area contributed by atoms with Gasteiger partial charge in [-0.1, -0.05) is 5.16 Å². The van der Waals surface area contributed by atoms with Gasteiger partial charge in [-0.25, -0.2) is 5.01 Å². The Hall–Kier alpha value is -1.85. The number of carbonyl (C=O) groups excluding carboxylic acids is 2. The Bertz CT molecular complexity index is 514. The standard InChI is InChI=1S/C13H17N3O3/c1-8-11(9(2)19-14-8)13(18)16-7-3-6-15(16)12(17)10-4-5-10/h10H,3-7H2,1-2H3. The zero-order chi connectivity index (χ0) is 13.6. The van der Waals surface area contributed by atoms with Crippen LogP contribution in [0.5, 0.6) is 0 Å². The minimum atomic E-state index is -0.178. The molecule has 1 aliphatic carbocycles. The van der Waals surface area contributed by atoms with E-state index in [4.69, 9.17) is 4.52 Å². The van der Waals surface area contributed by atoms with Crippen LogP contribution in [-0.2, 0) is 4.79 Å². The van der Waals surface area contributed by atoms with E-state index in [0.717, 1.165) is 19.3 Å². The van der Waals surface area contributed by atoms with Gasteiger partial charge in [-0.05, 0) is 33.1 Å². The van der Waals surface area contributed by atoms with Gasteiger partial charge in [0, 0.05) is 19.0 Å². The van der Waals surface area contributed by atoms with Crippen LogP contribution in [0.2, 0.25) is 0 Å². The molecule has 6 nitrogen and oxygen atoms in total. The molecule has 1 aromatic rings. The Labute approximate surface area is 111 Å². The minimum Gasteiger partial charge on any atom is -0.361 e. The van der Waals surface area contributed by atoms with E-state index >= 15 is 0 Å². The van der Waals surface area contributed by atoms with Crippen LogP contribution < -0.4 is 0 Å². The molecule has 0 bridgehead atoms. The van der Waals surface area contributed by atoms with Crippen LogP contribution in [-0.4, -0.2) is 40.1 Å². The number of hydrazine groups is 1. The molecule has 102 valence electrons. The molecule has 2 fully saturated rings. The first kappa shape index (κ1) is 12.2. The van der Waals surface area contributed by atoms with Gasteiger partial charge in [-0.15, -0.1) is 0 Å². The summed E-state index contributed by atoms with van der Waals surface area (Å²) in [6, 6.07) is 0. The highest BCUT2D eigenvalue weighted by Crippen LogP contribution is 2.33. The first-order valence-corrected chi connectivity index (χ1v) is 6.65. The van der Waals surface area contributed by atoms with Crippen LogP contribution in [0.1, 0.15) is 41.1 Å². The molecule has 0 spiro atoms. The van der Waals surface area contributed by atoms with Crippen molar-refractivity contribution in [2.45, 2.75) is 33.1 Å². The molecule has 1 saturated heterocycles. The molecule has 2 aliphatic rings. The summed E-state index contributed by atoms with van der Waals surface area (Å²) in [5.41, 5.74) is 1.06. The molecule has 0 aromatic carbocycles. The smallest absolute Gasteiger partial charge is 0.277 e. The van der Waals surface area contributed by atoms with E-state index in [9.17, 15) is 9.59 Å². The Morgan fingerprint density at radius 1 is 1.21 bits per heavy atom. The van der Waals surface area contributed by atoms with Crippen molar-refractivity contribution in [3.05, 3.63) is 17.0 Å². The number of rotatable bonds is 2. The Balaban J connectivity index is 1.84. The summed E-state index contributed by atoms with van der Waals surface area (Å²) in [5.74, 6) is 0.534. The third-order valence-corrected chi connectivity index (χ3v) is 3.69. The summed E-state index contributed by atoms with van der Waals surface area (Å²) in [6.07, 6.45) is 2.72. The van der Waals surface area contributed by atoms with Gasteiger partial charge in [0.1, 0.15) is 11.3 Å². The van der Waals surface area contributed by atoms with Crippen LogP contribution in [0, 0.1) is 19.8 Å². The van der Waals surface area contributed by atoms with Gasteiger partial charge in [0.15, 0.2) is 0 Å². The molecule has 0 radical (unpaired) electrons. The van der Waals surface area contributed by atoms with Crippen molar-refractivity contribution < 1.29 is 14.1 Å². The maximum atomic E-state index is 12.5. The van der Waals surface area contributed by atoms with Crippen LogP contribution in [0.4, 0.5) is 0 Å². The topological polar surface area (TPSA) is 66.7 Å². The van der Waals surface area contributed by atoms with Gasteiger partial charge in [0.05, 0.1) is 5.69 Å². The first-order chi connectivity index (χ1) is 9.09. The van der Waals surface area contributed by atoms with Crippen molar-refractivity contribution >= 4 is 11.8 Å². The minimum absolute atomic E-state index is 0.0811. The third kappa shape index (κ3) is 2.01. The fourth-order valence-electron chi connectivity index (χ4n) is 2.51. The molecule has 1 aliphatic heterocycles. The summed E-state index contributed by atoms with van der Waals surface area (Å²) >= 11 is 0. The van der Waals surface area contributed by atoms with E-state index in [-0.39, 0.29) is 17.7 Å². The van der Waals surface area contributed by atoms with Crippen molar-refractivity contribution in [3.8, 4) is 0 Å². The van der Waals surface area contributed by atoms with Gasteiger partial charge in [-0.3, -0.25) is 14.6 Å². The van der Waals surface area contributed by atoms with Crippen LogP contribution in [0.3, 0.4) is 0 Å². The van der Waals surface area contributed by atoms with Crippen molar-refractivity contribution in [2.24, 2.45) is 5.92 Å². The van der Waals surface area contributed by atoms with E-state index < -0.39 is 0 Å². The van der Waals surface area contributed by atoms with Crippen molar-refractivity contribution in [3.63, 3.8) is 0 Å². The number of aryl methyl sites for hydroxylation is 2. The lowest BCUT2D eigenvalue weighted by Gasteiger charge is -2.27. The average Bonchev–Trinajstić information content (AvgIpc) is 3.02. The molecule has 19 heavy (non-hydrogen) atoms. The molecule has 0 unspecified atom stereocenters. The molecule has 2 heterocycles. The summed E-state index contributed by atoms with van der Waals surface area (Å²) in [5, 5.41) is 6.95. The molecule has 1 aromatic heterocycles. The van der Waals surface area contributed by atoms with Gasteiger partial charge < -0.3 is 4.52 Å². The lowest BCUT2D eigenvalue weighted by Crippen LogP contribution is -2.45. The number of hydrogen-bond acceptors (Lipinski definition) is 4. The third-order valence-electron chi connectivity index (χ3n) is 3.69. The maximum absolute atomic E-state index is 12.5. The number of hydrogen-bond donors (Lipinski definition) is 0. The quantitative estimate of drug-likeness (QED) is 0.806. The second kappa shape index (κ2) is 4.36. The SMILES string of the molecule is Cc1noc(C)c1C(=O)N1CCCN1C(=O)C1CC1. The second-order valence-electron chi connectivity index (χ2n) is 5.22. The zero-order valence-corrected chi connectivity index (χ0v) is 11.2. The van der Waals surface area contributed by atoms with Gasteiger partial charge in [0.25, 0.3) is 5.91 Å². The average molecular weight is 263 g/mol. The van der Waals surface area contributed by atoms with Gasteiger partial charge in [0.2, 0.25) is 5.91 Å². The summed E-state index contributed by atoms with van der Waals surface area (Å²) in [4.78, 5) is 24.7. The Morgan fingerprint density at radius 2 is 1.89 bits per heavy atom. The molecule has 3 rings (SSSR count). The van der Waals surface area contributed by atoms with Crippen molar-refractivity contribution in [1.82, 2.24) is 15.2 Å². The highest BCUT2D eigenvalue weighted by molar-refractivity contribution is 5.97. The predicted octanol–water partition coefficient (Wildman–Crippen LogP) is 1.29. The van der Waals surface area contributed by atoms with Crippen LogP contribution >= 0.6 is 0 Å². The molecule has 6 heteroatoms. The number of amides is 2. The summed E-state index contributed by atoms with van der Waals surface area (Å²) < 4.78 is 5.03. The van der Waals surface area contributed by atoms with Crippen LogP contribution in [0.25, 0.3) is 0 Å². The highest BCUT2D eigenvalue weighted by Gasteiger charge is 2.40. The molecule has 0 atom stereocenters.